The van der Waals surface area contributed by atoms with Crippen molar-refractivity contribution in [1.29, 1.82) is 0 Å². The quantitative estimate of drug-likeness (QED) is 0.492. The average molecular weight is 233 g/mol. The molecule has 0 amide bonds. The Balaban J connectivity index is 2.36. The smallest absolute Gasteiger partial charge is 0.0616 e. The third-order valence-corrected chi connectivity index (χ3v) is 5.33. The van der Waals surface area contributed by atoms with Gasteiger partial charge in [0.15, 0.2) is 0 Å². The van der Waals surface area contributed by atoms with Crippen LogP contribution in [0.25, 0.3) is 0 Å². The monoisotopic (exact) mass is 233 g/mol. The fourth-order valence-electron chi connectivity index (χ4n) is 4.20. The molecule has 2 aliphatic carbocycles. The van der Waals surface area contributed by atoms with E-state index in [0.717, 1.165) is 17.8 Å². The maximum absolute atomic E-state index is 4.58. The van der Waals surface area contributed by atoms with Gasteiger partial charge in [-0.25, -0.2) is 0 Å². The summed E-state index contributed by atoms with van der Waals surface area (Å²) >= 11 is 0. The topological polar surface area (TPSA) is 12.4 Å². The van der Waals surface area contributed by atoms with Crippen molar-refractivity contribution < 1.29 is 0 Å². The predicted molar refractivity (Wildman–Crippen MR) is 75.5 cm³/mol. The first-order valence-corrected chi connectivity index (χ1v) is 7.15. The van der Waals surface area contributed by atoms with E-state index < -0.39 is 0 Å². The molecule has 96 valence electrons. The van der Waals surface area contributed by atoms with Gasteiger partial charge in [0.2, 0.25) is 0 Å². The van der Waals surface area contributed by atoms with Crippen molar-refractivity contribution in [2.24, 2.45) is 28.2 Å². The predicted octanol–water partition coefficient (Wildman–Crippen LogP) is 4.48. The van der Waals surface area contributed by atoms with Gasteiger partial charge in [-0.1, -0.05) is 32.4 Å². The Morgan fingerprint density at radius 1 is 1.41 bits per heavy atom. The second-order valence-corrected chi connectivity index (χ2v) is 6.62. The highest BCUT2D eigenvalue weighted by Crippen LogP contribution is 2.54. The van der Waals surface area contributed by atoms with Crippen molar-refractivity contribution in [1.82, 2.24) is 0 Å². The van der Waals surface area contributed by atoms with Crippen LogP contribution in [0.15, 0.2) is 16.6 Å². The van der Waals surface area contributed by atoms with Crippen LogP contribution < -0.4 is 0 Å². The summed E-state index contributed by atoms with van der Waals surface area (Å²) in [6, 6.07) is 0.448. The highest BCUT2D eigenvalue weighted by Gasteiger charge is 2.50. The van der Waals surface area contributed by atoms with Crippen LogP contribution in [0.3, 0.4) is 0 Å². The lowest BCUT2D eigenvalue weighted by molar-refractivity contribution is 0.0648. The normalized spacial score (nSPS) is 41.9. The zero-order valence-electron chi connectivity index (χ0n) is 11.9. The van der Waals surface area contributed by atoms with E-state index in [0.29, 0.717) is 11.5 Å². The second kappa shape index (κ2) is 4.59. The fraction of sp³-hybridized carbons (Fsp3) is 0.812. The van der Waals surface area contributed by atoms with Gasteiger partial charge in [-0.15, -0.1) is 0 Å². The van der Waals surface area contributed by atoms with Crippen molar-refractivity contribution in [3.63, 3.8) is 0 Å². The molecule has 1 saturated carbocycles. The molecule has 17 heavy (non-hydrogen) atoms. The molecule has 0 aromatic carbocycles. The number of allylic oxidation sites excluding steroid dienone is 1. The van der Waals surface area contributed by atoms with Gasteiger partial charge < -0.3 is 0 Å². The Morgan fingerprint density at radius 2 is 2.12 bits per heavy atom. The first-order chi connectivity index (χ1) is 8.01. The molecular formula is C16H27N. The van der Waals surface area contributed by atoms with E-state index in [-0.39, 0.29) is 0 Å². The van der Waals surface area contributed by atoms with Crippen LogP contribution in [0.5, 0.6) is 0 Å². The summed E-state index contributed by atoms with van der Waals surface area (Å²) < 4.78 is 0. The van der Waals surface area contributed by atoms with Crippen molar-refractivity contribution in [2.45, 2.75) is 59.4 Å². The third kappa shape index (κ3) is 1.98. The summed E-state index contributed by atoms with van der Waals surface area (Å²) in [5, 5.41) is 0. The van der Waals surface area contributed by atoms with Crippen LogP contribution in [-0.2, 0) is 0 Å². The summed E-state index contributed by atoms with van der Waals surface area (Å²) in [5.74, 6) is 2.22. The van der Waals surface area contributed by atoms with Crippen LogP contribution in [0, 0.1) is 23.2 Å². The number of rotatable bonds is 2. The van der Waals surface area contributed by atoms with Gasteiger partial charge in [-0.05, 0) is 57.1 Å². The molecular weight excluding hydrogens is 206 g/mol. The maximum atomic E-state index is 4.58. The molecule has 0 aromatic heterocycles. The van der Waals surface area contributed by atoms with E-state index in [1.807, 2.05) is 0 Å². The number of aliphatic imine (C=N–C) groups is 1. The van der Waals surface area contributed by atoms with Gasteiger partial charge in [0.1, 0.15) is 0 Å². The Labute approximate surface area is 106 Å². The van der Waals surface area contributed by atoms with Crippen molar-refractivity contribution in [2.75, 3.05) is 0 Å². The summed E-state index contributed by atoms with van der Waals surface area (Å²) in [6.45, 7) is 13.3. The van der Waals surface area contributed by atoms with Crippen molar-refractivity contribution in [3.05, 3.63) is 11.6 Å². The summed E-state index contributed by atoms with van der Waals surface area (Å²) in [5.41, 5.74) is 1.90. The zero-order chi connectivity index (χ0) is 12.6. The van der Waals surface area contributed by atoms with Crippen LogP contribution in [0.2, 0.25) is 0 Å². The molecule has 1 heteroatoms. The van der Waals surface area contributed by atoms with Crippen LogP contribution in [-0.4, -0.2) is 12.8 Å². The number of hydrogen-bond donors (Lipinski definition) is 0. The van der Waals surface area contributed by atoms with Crippen LogP contribution in [0.1, 0.15) is 53.4 Å². The summed E-state index contributed by atoms with van der Waals surface area (Å²) in [4.78, 5) is 4.58. The average Bonchev–Trinajstić information content (AvgIpc) is 2.65. The molecule has 0 N–H and O–H groups in total. The Morgan fingerprint density at radius 3 is 2.59 bits per heavy atom. The highest BCUT2D eigenvalue weighted by molar-refractivity contribution is 5.29. The zero-order valence-corrected chi connectivity index (χ0v) is 11.9. The molecule has 2 rings (SSSR count). The maximum Gasteiger partial charge on any atom is 0.0616 e. The molecule has 2 aliphatic rings. The van der Waals surface area contributed by atoms with Gasteiger partial charge >= 0.3 is 0 Å². The SMILES string of the molecule is C=N[C@@H]1[C@@H](C(C)C)CC[C@H](C)[C@]12C=C(C)CC2. The van der Waals surface area contributed by atoms with E-state index >= 15 is 0 Å². The standard InChI is InChI=1S/C16H27N/c1-11(2)14-7-6-13(4)16(15(14)17-5)9-8-12(3)10-16/h10-11,13-15H,5-9H2,1-4H3/t13-,14+,15+,16-/m0/s1. The number of hydrogen-bond acceptors (Lipinski definition) is 1. The molecule has 1 nitrogen and oxygen atoms in total. The van der Waals surface area contributed by atoms with E-state index in [9.17, 15) is 0 Å². The Bertz CT molecular complexity index is 328. The van der Waals surface area contributed by atoms with E-state index in [4.69, 9.17) is 0 Å². The minimum Gasteiger partial charge on any atom is -0.296 e. The fourth-order valence-corrected chi connectivity index (χ4v) is 4.20. The molecule has 4 atom stereocenters. The number of nitrogens with zero attached hydrogens (tertiary/aromatic N) is 1. The van der Waals surface area contributed by atoms with E-state index in [2.05, 4.69) is 45.5 Å². The van der Waals surface area contributed by atoms with Crippen molar-refractivity contribution in [3.8, 4) is 0 Å². The van der Waals surface area contributed by atoms with Crippen LogP contribution >= 0.6 is 0 Å². The van der Waals surface area contributed by atoms with Gasteiger partial charge in [-0.3, -0.25) is 4.99 Å². The lowest BCUT2D eigenvalue weighted by atomic mass is 9.58. The van der Waals surface area contributed by atoms with Crippen LogP contribution in [0.4, 0.5) is 0 Å². The van der Waals surface area contributed by atoms with Gasteiger partial charge in [-0.2, -0.15) is 0 Å². The molecule has 0 radical (unpaired) electrons. The highest BCUT2D eigenvalue weighted by atomic mass is 14.8. The van der Waals surface area contributed by atoms with E-state index in [1.54, 1.807) is 5.57 Å². The van der Waals surface area contributed by atoms with Gasteiger partial charge in [0.25, 0.3) is 0 Å². The Hall–Kier alpha value is -0.590. The van der Waals surface area contributed by atoms with E-state index in [1.165, 1.54) is 25.7 Å². The lowest BCUT2D eigenvalue weighted by Crippen LogP contribution is -2.47. The van der Waals surface area contributed by atoms with Gasteiger partial charge in [0.05, 0.1) is 6.04 Å². The summed E-state index contributed by atoms with van der Waals surface area (Å²) in [7, 11) is 0. The Kier molecular flexibility index (Phi) is 3.47. The minimum absolute atomic E-state index is 0.332. The second-order valence-electron chi connectivity index (χ2n) is 6.62. The molecule has 0 aromatic rings. The molecule has 0 heterocycles. The third-order valence-electron chi connectivity index (χ3n) is 5.33. The molecule has 0 bridgehead atoms. The molecule has 0 saturated heterocycles. The van der Waals surface area contributed by atoms with Gasteiger partial charge in [0, 0.05) is 5.41 Å². The van der Waals surface area contributed by atoms with Crippen molar-refractivity contribution >= 4 is 6.72 Å². The largest absolute Gasteiger partial charge is 0.296 e. The first kappa shape index (κ1) is 12.9. The molecule has 1 spiro atoms. The minimum atomic E-state index is 0.332. The lowest BCUT2D eigenvalue weighted by Gasteiger charge is -2.49. The molecule has 0 aliphatic heterocycles. The molecule has 1 fully saturated rings. The summed E-state index contributed by atoms with van der Waals surface area (Å²) in [6.07, 6.45) is 7.80. The molecule has 0 unspecified atom stereocenters. The first-order valence-electron chi connectivity index (χ1n) is 7.15.